The van der Waals surface area contributed by atoms with E-state index in [-0.39, 0.29) is 5.91 Å². The van der Waals surface area contributed by atoms with Crippen LogP contribution in [0.4, 0.5) is 0 Å². The topological polar surface area (TPSA) is 32.3 Å². The van der Waals surface area contributed by atoms with Gasteiger partial charge in [-0.05, 0) is 51.7 Å². The van der Waals surface area contributed by atoms with Gasteiger partial charge in [0.1, 0.15) is 0 Å². The number of carbonyl (C=O) groups excluding carboxylic acids is 1. The zero-order valence-corrected chi connectivity index (χ0v) is 12.4. The molecule has 1 amide bonds. The standard InChI is InChI=1S/C17H24N2O/c1-3-19(16-10-14-8-9-15(11-16)18-14)17(20)13-6-4-12(2)5-7-13/h4-7,14-16,18H,3,8-11H2,1-2H3. The smallest absolute Gasteiger partial charge is 0.254 e. The van der Waals surface area contributed by atoms with E-state index < -0.39 is 0 Å². The lowest BCUT2D eigenvalue weighted by Crippen LogP contribution is -2.50. The monoisotopic (exact) mass is 272 g/mol. The van der Waals surface area contributed by atoms with Crippen molar-refractivity contribution in [1.29, 1.82) is 0 Å². The molecule has 1 N–H and O–H groups in total. The molecule has 1 aromatic carbocycles. The SMILES string of the molecule is CCN(C(=O)c1ccc(C)cc1)C1CC2CCC(C1)N2. The number of benzene rings is 1. The molecule has 3 rings (SSSR count). The van der Waals surface area contributed by atoms with Crippen LogP contribution in [0.3, 0.4) is 0 Å². The second kappa shape index (κ2) is 5.57. The van der Waals surface area contributed by atoms with Crippen molar-refractivity contribution in [2.24, 2.45) is 0 Å². The van der Waals surface area contributed by atoms with Crippen LogP contribution < -0.4 is 5.32 Å². The number of carbonyl (C=O) groups is 1. The summed E-state index contributed by atoms with van der Waals surface area (Å²) in [6, 6.07) is 9.61. The fourth-order valence-electron chi connectivity index (χ4n) is 3.71. The van der Waals surface area contributed by atoms with Crippen LogP contribution in [0.15, 0.2) is 24.3 Å². The van der Waals surface area contributed by atoms with E-state index in [1.54, 1.807) is 0 Å². The summed E-state index contributed by atoms with van der Waals surface area (Å²) in [5, 5.41) is 3.65. The molecular weight excluding hydrogens is 248 g/mol. The molecule has 2 saturated heterocycles. The van der Waals surface area contributed by atoms with E-state index in [4.69, 9.17) is 0 Å². The minimum absolute atomic E-state index is 0.193. The highest BCUT2D eigenvalue weighted by molar-refractivity contribution is 5.94. The van der Waals surface area contributed by atoms with Crippen LogP contribution in [-0.4, -0.2) is 35.5 Å². The van der Waals surface area contributed by atoms with E-state index in [1.165, 1.54) is 18.4 Å². The normalized spacial score (nSPS) is 28.4. The number of hydrogen-bond donors (Lipinski definition) is 1. The Balaban J connectivity index is 1.75. The van der Waals surface area contributed by atoms with Crippen molar-refractivity contribution in [3.05, 3.63) is 35.4 Å². The lowest BCUT2D eigenvalue weighted by atomic mass is 9.97. The van der Waals surface area contributed by atoms with Gasteiger partial charge in [-0.15, -0.1) is 0 Å². The second-order valence-electron chi connectivity index (χ2n) is 6.22. The number of amides is 1. The lowest BCUT2D eigenvalue weighted by molar-refractivity contribution is 0.0631. The summed E-state index contributed by atoms with van der Waals surface area (Å²) in [4.78, 5) is 14.8. The highest BCUT2D eigenvalue weighted by Gasteiger charge is 2.37. The van der Waals surface area contributed by atoms with Crippen molar-refractivity contribution in [1.82, 2.24) is 10.2 Å². The van der Waals surface area contributed by atoms with E-state index in [0.717, 1.165) is 24.9 Å². The molecule has 0 aliphatic carbocycles. The Bertz CT molecular complexity index is 470. The van der Waals surface area contributed by atoms with E-state index >= 15 is 0 Å². The summed E-state index contributed by atoms with van der Waals surface area (Å²) >= 11 is 0. The Morgan fingerprint density at radius 1 is 1.20 bits per heavy atom. The number of aryl methyl sites for hydroxylation is 1. The Hall–Kier alpha value is -1.35. The Morgan fingerprint density at radius 3 is 2.35 bits per heavy atom. The average Bonchev–Trinajstić information content (AvgIpc) is 2.79. The molecule has 2 fully saturated rings. The maximum atomic E-state index is 12.7. The van der Waals surface area contributed by atoms with Gasteiger partial charge >= 0.3 is 0 Å². The van der Waals surface area contributed by atoms with Gasteiger partial charge in [-0.3, -0.25) is 4.79 Å². The molecule has 2 aliphatic rings. The molecule has 1 aromatic rings. The number of nitrogens with one attached hydrogen (secondary N) is 1. The Morgan fingerprint density at radius 2 is 1.80 bits per heavy atom. The first-order chi connectivity index (χ1) is 9.67. The molecule has 2 unspecified atom stereocenters. The van der Waals surface area contributed by atoms with Crippen LogP contribution in [0.25, 0.3) is 0 Å². The van der Waals surface area contributed by atoms with Crippen LogP contribution in [0, 0.1) is 6.92 Å². The molecule has 3 nitrogen and oxygen atoms in total. The zero-order chi connectivity index (χ0) is 14.1. The zero-order valence-electron chi connectivity index (χ0n) is 12.4. The number of hydrogen-bond acceptors (Lipinski definition) is 2. The van der Waals surface area contributed by atoms with E-state index in [0.29, 0.717) is 18.1 Å². The summed E-state index contributed by atoms with van der Waals surface area (Å²) in [6.07, 6.45) is 4.78. The quantitative estimate of drug-likeness (QED) is 0.917. The van der Waals surface area contributed by atoms with Crippen molar-refractivity contribution >= 4 is 5.91 Å². The van der Waals surface area contributed by atoms with Crippen molar-refractivity contribution in [2.45, 2.75) is 57.7 Å². The predicted octanol–water partition coefficient (Wildman–Crippen LogP) is 2.74. The number of nitrogens with zero attached hydrogens (tertiary/aromatic N) is 1. The van der Waals surface area contributed by atoms with Gasteiger partial charge in [-0.1, -0.05) is 17.7 Å². The first-order valence-corrected chi connectivity index (χ1v) is 7.81. The second-order valence-corrected chi connectivity index (χ2v) is 6.22. The summed E-state index contributed by atoms with van der Waals surface area (Å²) in [7, 11) is 0. The molecule has 2 atom stereocenters. The van der Waals surface area contributed by atoms with Gasteiger partial charge in [-0.25, -0.2) is 0 Å². The third-order valence-corrected chi connectivity index (χ3v) is 4.79. The molecule has 0 spiro atoms. The van der Waals surface area contributed by atoms with Gasteiger partial charge in [-0.2, -0.15) is 0 Å². The first kappa shape index (κ1) is 13.6. The molecule has 0 saturated carbocycles. The predicted molar refractivity (Wildman–Crippen MR) is 80.9 cm³/mol. The van der Waals surface area contributed by atoms with Crippen LogP contribution in [0.2, 0.25) is 0 Å². The fraction of sp³-hybridized carbons (Fsp3) is 0.588. The summed E-state index contributed by atoms with van der Waals surface area (Å²) in [5.41, 5.74) is 2.02. The van der Waals surface area contributed by atoms with Crippen molar-refractivity contribution < 1.29 is 4.79 Å². The summed E-state index contributed by atoms with van der Waals surface area (Å²) in [6.45, 7) is 4.95. The van der Waals surface area contributed by atoms with Crippen molar-refractivity contribution in [3.63, 3.8) is 0 Å². The minimum atomic E-state index is 0.193. The molecule has 108 valence electrons. The van der Waals surface area contributed by atoms with Gasteiger partial charge in [0.25, 0.3) is 5.91 Å². The molecular formula is C17H24N2O. The summed E-state index contributed by atoms with van der Waals surface area (Å²) < 4.78 is 0. The molecule has 3 heteroatoms. The van der Waals surface area contributed by atoms with Gasteiger partial charge in [0.15, 0.2) is 0 Å². The highest BCUT2D eigenvalue weighted by atomic mass is 16.2. The number of piperidine rings is 1. The first-order valence-electron chi connectivity index (χ1n) is 7.81. The minimum Gasteiger partial charge on any atom is -0.336 e. The van der Waals surface area contributed by atoms with Crippen LogP contribution >= 0.6 is 0 Å². The molecule has 0 radical (unpaired) electrons. The molecule has 0 aromatic heterocycles. The van der Waals surface area contributed by atoms with Crippen molar-refractivity contribution in [3.8, 4) is 0 Å². The van der Waals surface area contributed by atoms with E-state index in [2.05, 4.69) is 24.1 Å². The third-order valence-electron chi connectivity index (χ3n) is 4.79. The lowest BCUT2D eigenvalue weighted by Gasteiger charge is -2.37. The number of rotatable bonds is 3. The van der Waals surface area contributed by atoms with Crippen LogP contribution in [-0.2, 0) is 0 Å². The van der Waals surface area contributed by atoms with Crippen molar-refractivity contribution in [2.75, 3.05) is 6.54 Å². The van der Waals surface area contributed by atoms with Gasteiger partial charge < -0.3 is 10.2 Å². The molecule has 2 aliphatic heterocycles. The Labute approximate surface area is 121 Å². The highest BCUT2D eigenvalue weighted by Crippen LogP contribution is 2.30. The van der Waals surface area contributed by atoms with Crippen LogP contribution in [0.5, 0.6) is 0 Å². The van der Waals surface area contributed by atoms with Gasteiger partial charge in [0.05, 0.1) is 0 Å². The van der Waals surface area contributed by atoms with E-state index in [9.17, 15) is 4.79 Å². The van der Waals surface area contributed by atoms with E-state index in [1.807, 2.05) is 24.3 Å². The van der Waals surface area contributed by atoms with Crippen LogP contribution in [0.1, 0.15) is 48.5 Å². The van der Waals surface area contributed by atoms with Gasteiger partial charge in [0.2, 0.25) is 0 Å². The third kappa shape index (κ3) is 2.59. The average molecular weight is 272 g/mol. The summed E-state index contributed by atoms with van der Waals surface area (Å²) in [5.74, 6) is 0.193. The largest absolute Gasteiger partial charge is 0.336 e. The maximum absolute atomic E-state index is 12.7. The molecule has 20 heavy (non-hydrogen) atoms. The molecule has 2 bridgehead atoms. The van der Waals surface area contributed by atoms with Gasteiger partial charge in [0, 0.05) is 30.2 Å². The fourth-order valence-corrected chi connectivity index (χ4v) is 3.71. The maximum Gasteiger partial charge on any atom is 0.254 e. The molecule has 2 heterocycles. The Kier molecular flexibility index (Phi) is 3.79. The number of fused-ring (bicyclic) bond motifs is 2.